The maximum Gasteiger partial charge on any atom is 0.166 e. The van der Waals surface area contributed by atoms with Crippen molar-refractivity contribution in [3.8, 4) is 0 Å². The number of hydrogen-bond donors (Lipinski definition) is 2. The topological polar surface area (TPSA) is 41.9 Å². The highest BCUT2D eigenvalue weighted by atomic mass is 35.5. The first kappa shape index (κ1) is 12.3. The second-order valence-corrected chi connectivity index (χ2v) is 3.98. The minimum Gasteiger partial charge on any atom is -0.366 e. The highest BCUT2D eigenvalue weighted by molar-refractivity contribution is 7.80. The van der Waals surface area contributed by atoms with Crippen LogP contribution in [0.1, 0.15) is 12.1 Å². The lowest BCUT2D eigenvalue weighted by atomic mass is 10.4. The number of rotatable bonds is 4. The van der Waals surface area contributed by atoms with E-state index in [0.29, 0.717) is 10.1 Å². The minimum absolute atomic E-state index is 0.671. The molecule has 0 saturated carbocycles. The first-order chi connectivity index (χ1) is 7.15. The molecule has 1 rings (SSSR count). The van der Waals surface area contributed by atoms with E-state index in [9.17, 15) is 0 Å². The summed E-state index contributed by atoms with van der Waals surface area (Å²) >= 11 is 10.8. The molecule has 0 spiro atoms. The van der Waals surface area contributed by atoms with Crippen molar-refractivity contribution in [1.29, 1.82) is 0 Å². The predicted octanol–water partition coefficient (Wildman–Crippen LogP) is 1.33. The lowest BCUT2D eigenvalue weighted by molar-refractivity contribution is 0.560. The van der Waals surface area contributed by atoms with Gasteiger partial charge in [0.25, 0.3) is 0 Å². The lowest BCUT2D eigenvalue weighted by Gasteiger charge is -2.07. The van der Waals surface area contributed by atoms with Crippen LogP contribution in [0.15, 0.2) is 6.20 Å². The molecule has 0 unspecified atom stereocenters. The molecule has 0 saturated heterocycles. The second kappa shape index (κ2) is 5.92. The first-order valence-corrected chi connectivity index (χ1v) is 5.57. The van der Waals surface area contributed by atoms with Crippen molar-refractivity contribution in [1.82, 2.24) is 20.4 Å². The number of aromatic nitrogens is 2. The summed E-state index contributed by atoms with van der Waals surface area (Å²) in [6.45, 7) is 3.63. The van der Waals surface area contributed by atoms with Gasteiger partial charge in [-0.25, -0.2) is 0 Å². The summed E-state index contributed by atoms with van der Waals surface area (Å²) in [5.74, 6) is 0. The van der Waals surface area contributed by atoms with Crippen LogP contribution in [0.25, 0.3) is 0 Å². The molecule has 1 heterocycles. The smallest absolute Gasteiger partial charge is 0.166 e. The Hall–Kier alpha value is -0.810. The monoisotopic (exact) mass is 246 g/mol. The van der Waals surface area contributed by atoms with Crippen molar-refractivity contribution in [2.45, 2.75) is 19.9 Å². The number of nitrogens with one attached hydrogen (secondary N) is 2. The van der Waals surface area contributed by atoms with Crippen molar-refractivity contribution >= 4 is 28.9 Å². The fraction of sp³-hybridized carbons (Fsp3) is 0.556. The number of halogens is 1. The molecule has 2 N–H and O–H groups in total. The Balaban J connectivity index is 2.26. The van der Waals surface area contributed by atoms with Crippen LogP contribution in [0.2, 0.25) is 5.02 Å². The van der Waals surface area contributed by atoms with Gasteiger partial charge in [0.05, 0.1) is 16.9 Å². The van der Waals surface area contributed by atoms with Crippen LogP contribution < -0.4 is 10.6 Å². The van der Waals surface area contributed by atoms with Crippen LogP contribution in [-0.2, 0) is 6.54 Å². The van der Waals surface area contributed by atoms with Gasteiger partial charge in [0.15, 0.2) is 5.11 Å². The van der Waals surface area contributed by atoms with Gasteiger partial charge in [-0.3, -0.25) is 4.68 Å². The van der Waals surface area contributed by atoms with Crippen LogP contribution in [0, 0.1) is 6.92 Å². The SMILES string of the molecule is CNC(=S)NCCCn1ncc(Cl)c1C. The quantitative estimate of drug-likeness (QED) is 0.621. The van der Waals surface area contributed by atoms with E-state index in [1.54, 1.807) is 13.2 Å². The molecule has 0 bridgehead atoms. The van der Waals surface area contributed by atoms with Gasteiger partial charge in [-0.05, 0) is 25.6 Å². The lowest BCUT2D eigenvalue weighted by Crippen LogP contribution is -2.33. The first-order valence-electron chi connectivity index (χ1n) is 4.78. The van der Waals surface area contributed by atoms with Gasteiger partial charge in [-0.1, -0.05) is 11.6 Å². The zero-order chi connectivity index (χ0) is 11.3. The number of hydrogen-bond acceptors (Lipinski definition) is 2. The van der Waals surface area contributed by atoms with Crippen LogP contribution in [0.5, 0.6) is 0 Å². The number of aryl methyl sites for hydroxylation is 1. The summed E-state index contributed by atoms with van der Waals surface area (Å²) in [6.07, 6.45) is 2.63. The van der Waals surface area contributed by atoms with Gasteiger partial charge in [-0.2, -0.15) is 5.10 Å². The van der Waals surface area contributed by atoms with E-state index in [0.717, 1.165) is 25.2 Å². The Morgan fingerprint density at radius 1 is 1.67 bits per heavy atom. The summed E-state index contributed by atoms with van der Waals surface area (Å²) < 4.78 is 1.90. The van der Waals surface area contributed by atoms with Gasteiger partial charge in [0, 0.05) is 20.1 Å². The van der Waals surface area contributed by atoms with Crippen LogP contribution in [-0.4, -0.2) is 28.5 Å². The standard InChI is InChI=1S/C9H15ClN4S/c1-7-8(10)6-13-14(7)5-3-4-12-9(15)11-2/h6H,3-5H2,1-2H3,(H2,11,12,15). The Morgan fingerprint density at radius 2 is 2.40 bits per heavy atom. The van der Waals surface area contributed by atoms with Crippen molar-refractivity contribution in [3.05, 3.63) is 16.9 Å². The molecule has 0 aromatic carbocycles. The maximum atomic E-state index is 5.89. The van der Waals surface area contributed by atoms with Crippen molar-refractivity contribution in [2.24, 2.45) is 0 Å². The van der Waals surface area contributed by atoms with Gasteiger partial charge >= 0.3 is 0 Å². The Morgan fingerprint density at radius 3 is 2.93 bits per heavy atom. The Labute approximate surface area is 100.0 Å². The normalized spacial score (nSPS) is 10.1. The molecule has 1 aromatic rings. The van der Waals surface area contributed by atoms with Gasteiger partial charge < -0.3 is 10.6 Å². The zero-order valence-corrected chi connectivity index (χ0v) is 10.5. The molecule has 0 aliphatic carbocycles. The Bertz CT molecular complexity index is 337. The zero-order valence-electron chi connectivity index (χ0n) is 8.88. The van der Waals surface area contributed by atoms with Gasteiger partial charge in [0.2, 0.25) is 0 Å². The highest BCUT2D eigenvalue weighted by Crippen LogP contribution is 2.13. The molecule has 0 aliphatic heterocycles. The van der Waals surface area contributed by atoms with E-state index >= 15 is 0 Å². The largest absolute Gasteiger partial charge is 0.366 e. The van der Waals surface area contributed by atoms with Crippen LogP contribution >= 0.6 is 23.8 Å². The average Bonchev–Trinajstić information content (AvgIpc) is 2.55. The summed E-state index contributed by atoms with van der Waals surface area (Å²) in [6, 6.07) is 0. The van der Waals surface area contributed by atoms with Crippen molar-refractivity contribution < 1.29 is 0 Å². The summed E-state index contributed by atoms with van der Waals surface area (Å²) in [7, 11) is 1.80. The number of thiocarbonyl (C=S) groups is 1. The predicted molar refractivity (Wildman–Crippen MR) is 66.3 cm³/mol. The molecule has 0 amide bonds. The minimum atomic E-state index is 0.671. The molecule has 15 heavy (non-hydrogen) atoms. The molecule has 0 aliphatic rings. The molecule has 84 valence electrons. The molecular weight excluding hydrogens is 232 g/mol. The van der Waals surface area contributed by atoms with E-state index in [4.69, 9.17) is 23.8 Å². The summed E-state index contributed by atoms with van der Waals surface area (Å²) in [5.41, 5.74) is 1.01. The van der Waals surface area contributed by atoms with Crippen LogP contribution in [0.3, 0.4) is 0 Å². The molecule has 0 fully saturated rings. The Kier molecular flexibility index (Phi) is 4.84. The van der Waals surface area contributed by atoms with E-state index < -0.39 is 0 Å². The second-order valence-electron chi connectivity index (χ2n) is 3.16. The fourth-order valence-corrected chi connectivity index (χ4v) is 1.41. The van der Waals surface area contributed by atoms with Gasteiger partial charge in [0.1, 0.15) is 0 Å². The summed E-state index contributed by atoms with van der Waals surface area (Å²) in [5, 5.41) is 11.5. The number of nitrogens with zero attached hydrogens (tertiary/aromatic N) is 2. The third kappa shape index (κ3) is 3.68. The van der Waals surface area contributed by atoms with E-state index in [-0.39, 0.29) is 0 Å². The van der Waals surface area contributed by atoms with Crippen molar-refractivity contribution in [3.63, 3.8) is 0 Å². The third-order valence-corrected chi connectivity index (χ3v) is 2.82. The molecule has 1 aromatic heterocycles. The molecule has 6 heteroatoms. The third-order valence-electron chi connectivity index (χ3n) is 2.10. The highest BCUT2D eigenvalue weighted by Gasteiger charge is 2.02. The maximum absolute atomic E-state index is 5.89. The van der Waals surface area contributed by atoms with Crippen LogP contribution in [0.4, 0.5) is 0 Å². The molecule has 4 nitrogen and oxygen atoms in total. The van der Waals surface area contributed by atoms with E-state index in [1.807, 2.05) is 11.6 Å². The summed E-state index contributed by atoms with van der Waals surface area (Å²) in [4.78, 5) is 0. The molecule has 0 radical (unpaired) electrons. The molecule has 0 atom stereocenters. The van der Waals surface area contributed by atoms with E-state index in [2.05, 4.69) is 15.7 Å². The van der Waals surface area contributed by atoms with E-state index in [1.165, 1.54) is 0 Å². The molecular formula is C9H15ClN4S. The van der Waals surface area contributed by atoms with Gasteiger partial charge in [-0.15, -0.1) is 0 Å². The average molecular weight is 247 g/mol. The van der Waals surface area contributed by atoms with Crippen molar-refractivity contribution in [2.75, 3.05) is 13.6 Å². The fourth-order valence-electron chi connectivity index (χ4n) is 1.17.